The highest BCUT2D eigenvalue weighted by molar-refractivity contribution is 7.95. The number of aromatic nitrogens is 2. The number of halogens is 6. The minimum atomic E-state index is -6.80. The molecular weight excluding hydrogens is 582 g/mol. The predicted molar refractivity (Wildman–Crippen MR) is 119 cm³/mol. The van der Waals surface area contributed by atoms with E-state index >= 15 is 0 Å². The van der Waals surface area contributed by atoms with Crippen molar-refractivity contribution in [2.45, 2.75) is 33.8 Å². The topological polar surface area (TPSA) is 142 Å². The fourth-order valence-electron chi connectivity index (χ4n) is 3.69. The molecule has 4 rings (SSSR count). The predicted octanol–water partition coefficient (Wildman–Crippen LogP) is 2.94. The van der Waals surface area contributed by atoms with E-state index in [2.05, 4.69) is 4.98 Å². The van der Waals surface area contributed by atoms with Gasteiger partial charge in [0.05, 0.1) is 17.5 Å². The Balaban J connectivity index is 0.000000395. The summed E-state index contributed by atoms with van der Waals surface area (Å²) in [6.45, 7) is 1.73. The minimum absolute atomic E-state index is 0.0839. The number of hydrogen-bond acceptors (Lipinski definition) is 7. The Morgan fingerprint density at radius 3 is 1.74 bits per heavy atom. The Kier molecular flexibility index (Phi) is 7.59. The van der Waals surface area contributed by atoms with Crippen molar-refractivity contribution in [3.05, 3.63) is 76.9 Å². The average Bonchev–Trinajstić information content (AvgIpc) is 3.26. The molecule has 1 aliphatic carbocycles. The zero-order chi connectivity index (χ0) is 29.7. The third-order valence-corrected chi connectivity index (χ3v) is 8.71. The van der Waals surface area contributed by atoms with E-state index in [0.717, 1.165) is 18.0 Å². The summed E-state index contributed by atoms with van der Waals surface area (Å²) in [5.41, 5.74) is -15.9. The lowest BCUT2D eigenvalue weighted by Crippen LogP contribution is -2.33. The SMILES string of the molecule is CC(O)c1[nH]cc[n+]1C.O=C1c2ccccc2C(=O)c2c1ccc(S(=O)(=O)C(F)(F)F)c2S(=O)(=O)C(F)(F)F. The van der Waals surface area contributed by atoms with E-state index in [1.807, 2.05) is 17.8 Å². The highest BCUT2D eigenvalue weighted by Crippen LogP contribution is 2.43. The lowest BCUT2D eigenvalue weighted by molar-refractivity contribution is -0.681. The molecule has 0 amide bonds. The number of ketones is 2. The fourth-order valence-corrected chi connectivity index (χ4v) is 6.22. The van der Waals surface area contributed by atoms with Crippen LogP contribution in [0.1, 0.15) is 50.7 Å². The number of aromatic amines is 1. The van der Waals surface area contributed by atoms with Gasteiger partial charge in [-0.1, -0.05) is 24.3 Å². The van der Waals surface area contributed by atoms with Gasteiger partial charge < -0.3 is 5.11 Å². The number of sulfone groups is 2. The second-order valence-electron chi connectivity index (χ2n) is 8.05. The minimum Gasteiger partial charge on any atom is -0.381 e. The Morgan fingerprint density at radius 1 is 0.821 bits per heavy atom. The van der Waals surface area contributed by atoms with Crippen LogP contribution in [-0.2, 0) is 26.7 Å². The molecule has 210 valence electrons. The van der Waals surface area contributed by atoms with Gasteiger partial charge in [0.2, 0.25) is 0 Å². The highest BCUT2D eigenvalue weighted by atomic mass is 32.2. The van der Waals surface area contributed by atoms with Crippen LogP contribution in [-0.4, -0.2) is 49.5 Å². The second-order valence-corrected chi connectivity index (χ2v) is 11.8. The smallest absolute Gasteiger partial charge is 0.381 e. The summed E-state index contributed by atoms with van der Waals surface area (Å²) in [6, 6.07) is 4.78. The molecule has 0 saturated heterocycles. The van der Waals surface area contributed by atoms with Gasteiger partial charge >= 0.3 is 11.0 Å². The fraction of sp³-hybridized carbons (Fsp3) is 0.227. The molecule has 0 bridgehead atoms. The van der Waals surface area contributed by atoms with Gasteiger partial charge in [-0.05, 0) is 19.1 Å². The number of nitrogens with one attached hydrogen (secondary N) is 1. The molecule has 39 heavy (non-hydrogen) atoms. The number of H-pyrrole nitrogens is 1. The molecule has 1 aliphatic rings. The Bertz CT molecular complexity index is 1690. The number of benzene rings is 2. The van der Waals surface area contributed by atoms with Crippen LogP contribution >= 0.6 is 0 Å². The van der Waals surface area contributed by atoms with Crippen molar-refractivity contribution < 1.29 is 62.4 Å². The molecule has 2 aromatic carbocycles. The maximum absolute atomic E-state index is 13.2. The lowest BCUT2D eigenvalue weighted by atomic mass is 9.84. The molecule has 9 nitrogen and oxygen atoms in total. The lowest BCUT2D eigenvalue weighted by Gasteiger charge is -2.23. The van der Waals surface area contributed by atoms with Crippen LogP contribution in [0, 0.1) is 0 Å². The first-order valence-electron chi connectivity index (χ1n) is 10.4. The number of aliphatic hydroxyl groups excluding tert-OH is 1. The molecule has 1 aromatic heterocycles. The van der Waals surface area contributed by atoms with Crippen molar-refractivity contribution in [1.29, 1.82) is 0 Å². The van der Waals surface area contributed by atoms with Gasteiger partial charge in [-0.25, -0.2) is 26.4 Å². The number of aryl methyl sites for hydroxylation is 1. The standard InChI is InChI=1S/C16H6F6O6S2.C6H10N2O/c17-15(18,19)29(25,26)10-6-5-9-11(14(10)30(27,28)16(20,21)22)13(24)8-4-2-1-3-7(8)12(9)23;1-5(9)6-7-3-4-8(6)2/h1-6H;3-5,9H,1-2H3/p+1. The Labute approximate surface area is 216 Å². The summed E-state index contributed by atoms with van der Waals surface area (Å²) in [5, 5.41) is 9.04. The number of aliphatic hydroxyl groups is 1. The molecule has 0 saturated carbocycles. The number of alkyl halides is 6. The largest absolute Gasteiger partial charge is 0.501 e. The van der Waals surface area contributed by atoms with E-state index in [-0.39, 0.29) is 11.6 Å². The van der Waals surface area contributed by atoms with E-state index in [9.17, 15) is 52.8 Å². The molecule has 17 heteroatoms. The van der Waals surface area contributed by atoms with Gasteiger partial charge in [0.1, 0.15) is 17.3 Å². The number of carbonyl (C=O) groups is 2. The molecule has 0 aliphatic heterocycles. The number of carbonyl (C=O) groups excluding carboxylic acids is 2. The van der Waals surface area contributed by atoms with E-state index < -0.39 is 74.8 Å². The van der Waals surface area contributed by atoms with Crippen LogP contribution in [0.5, 0.6) is 0 Å². The van der Waals surface area contributed by atoms with Gasteiger partial charge in [-0.2, -0.15) is 26.3 Å². The van der Waals surface area contributed by atoms with Crippen molar-refractivity contribution in [3.8, 4) is 0 Å². The van der Waals surface area contributed by atoms with E-state index in [0.29, 0.717) is 6.07 Å². The quantitative estimate of drug-likeness (QED) is 0.272. The third kappa shape index (κ3) is 5.08. The van der Waals surface area contributed by atoms with Gasteiger partial charge in [0.15, 0.2) is 17.7 Å². The first-order chi connectivity index (χ1) is 17.7. The van der Waals surface area contributed by atoms with Crippen LogP contribution in [0.4, 0.5) is 26.3 Å². The van der Waals surface area contributed by atoms with Gasteiger partial charge in [-0.15, -0.1) is 0 Å². The van der Waals surface area contributed by atoms with Gasteiger partial charge in [-0.3, -0.25) is 9.59 Å². The van der Waals surface area contributed by atoms with Crippen LogP contribution in [0.25, 0.3) is 0 Å². The van der Waals surface area contributed by atoms with Gasteiger partial charge in [0.25, 0.3) is 25.5 Å². The maximum atomic E-state index is 13.2. The monoisotopic (exact) mass is 599 g/mol. The number of rotatable bonds is 3. The van der Waals surface area contributed by atoms with Gasteiger partial charge in [0, 0.05) is 16.7 Å². The highest BCUT2D eigenvalue weighted by Gasteiger charge is 2.56. The summed E-state index contributed by atoms with van der Waals surface area (Å²) < 4.78 is 128. The first-order valence-corrected chi connectivity index (χ1v) is 13.4. The second kappa shape index (κ2) is 9.87. The zero-order valence-corrected chi connectivity index (χ0v) is 21.3. The molecule has 1 heterocycles. The van der Waals surface area contributed by atoms with Crippen molar-refractivity contribution >= 4 is 31.2 Å². The van der Waals surface area contributed by atoms with E-state index in [1.165, 1.54) is 12.1 Å². The van der Waals surface area contributed by atoms with Crippen molar-refractivity contribution in [2.24, 2.45) is 7.05 Å². The van der Waals surface area contributed by atoms with Crippen molar-refractivity contribution in [1.82, 2.24) is 4.98 Å². The summed E-state index contributed by atoms with van der Waals surface area (Å²) in [5.74, 6) is -1.87. The summed E-state index contributed by atoms with van der Waals surface area (Å²) in [4.78, 5) is 23.4. The summed E-state index contributed by atoms with van der Waals surface area (Å²) in [6.07, 6.45) is 3.24. The molecule has 1 unspecified atom stereocenters. The Morgan fingerprint density at radius 2 is 1.33 bits per heavy atom. The molecule has 0 fully saturated rings. The van der Waals surface area contributed by atoms with E-state index in [1.54, 1.807) is 13.1 Å². The van der Waals surface area contributed by atoms with E-state index in [4.69, 9.17) is 5.11 Å². The average molecular weight is 600 g/mol. The van der Waals surface area contributed by atoms with Crippen molar-refractivity contribution in [3.63, 3.8) is 0 Å². The normalized spacial score (nSPS) is 14.7. The Hall–Kier alpha value is -3.57. The molecule has 2 N–H and O–H groups in total. The first kappa shape index (κ1) is 30.0. The molecule has 0 radical (unpaired) electrons. The molecule has 1 atom stereocenters. The molecule has 0 spiro atoms. The van der Waals surface area contributed by atoms with Crippen LogP contribution in [0.3, 0.4) is 0 Å². The number of imidazole rings is 1. The number of hydrogen-bond donors (Lipinski definition) is 2. The van der Waals surface area contributed by atoms with Crippen LogP contribution < -0.4 is 4.57 Å². The summed E-state index contributed by atoms with van der Waals surface area (Å²) >= 11 is 0. The maximum Gasteiger partial charge on any atom is 0.501 e. The number of fused-ring (bicyclic) bond motifs is 2. The summed E-state index contributed by atoms with van der Waals surface area (Å²) in [7, 11) is -11.6. The zero-order valence-electron chi connectivity index (χ0n) is 19.6. The third-order valence-electron chi connectivity index (χ3n) is 5.48. The molecular formula is C22H17F6N2O7S2+. The van der Waals surface area contributed by atoms with Crippen LogP contribution in [0.15, 0.2) is 58.6 Å². The number of nitrogens with zero attached hydrogens (tertiary/aromatic N) is 1. The van der Waals surface area contributed by atoms with Crippen molar-refractivity contribution in [2.75, 3.05) is 0 Å². The molecule has 3 aromatic rings. The van der Waals surface area contributed by atoms with Crippen LogP contribution in [0.2, 0.25) is 0 Å².